The standard InChI is InChI=1S/C16H20N4O3S/c1-3-4-9-17-15(22)18-13(21)10-24-16-20-19-14(23-16)12-8-6-5-7-11(12)2/h5-8H,3-4,9-10H2,1-2H3,(H2,17,18,21,22). The minimum Gasteiger partial charge on any atom is -0.411 e. The number of aromatic nitrogens is 2. The van der Waals surface area contributed by atoms with E-state index in [0.717, 1.165) is 35.7 Å². The summed E-state index contributed by atoms with van der Waals surface area (Å²) in [4.78, 5) is 23.2. The van der Waals surface area contributed by atoms with E-state index in [1.807, 2.05) is 38.1 Å². The number of hydrogen-bond donors (Lipinski definition) is 2. The molecule has 0 saturated carbocycles. The molecule has 1 aromatic heterocycles. The van der Waals surface area contributed by atoms with Gasteiger partial charge in [-0.15, -0.1) is 10.2 Å². The number of imide groups is 1. The fourth-order valence-corrected chi connectivity index (χ4v) is 2.47. The highest BCUT2D eigenvalue weighted by molar-refractivity contribution is 7.99. The van der Waals surface area contributed by atoms with Crippen molar-refractivity contribution >= 4 is 23.7 Å². The minimum absolute atomic E-state index is 0.0244. The Labute approximate surface area is 144 Å². The summed E-state index contributed by atoms with van der Waals surface area (Å²) in [7, 11) is 0. The lowest BCUT2D eigenvalue weighted by molar-refractivity contribution is -0.117. The summed E-state index contributed by atoms with van der Waals surface area (Å²) in [5.41, 5.74) is 1.88. The first-order chi connectivity index (χ1) is 11.6. The predicted molar refractivity (Wildman–Crippen MR) is 91.6 cm³/mol. The number of unbranched alkanes of at least 4 members (excludes halogenated alkanes) is 1. The molecule has 1 aromatic carbocycles. The molecule has 2 rings (SSSR count). The van der Waals surface area contributed by atoms with E-state index >= 15 is 0 Å². The SMILES string of the molecule is CCCCNC(=O)NC(=O)CSc1nnc(-c2ccccc2C)o1. The Kier molecular flexibility index (Phi) is 6.80. The molecule has 7 nitrogen and oxygen atoms in total. The van der Waals surface area contributed by atoms with E-state index in [9.17, 15) is 9.59 Å². The van der Waals surface area contributed by atoms with Crippen LogP contribution in [0.2, 0.25) is 0 Å². The number of nitrogens with one attached hydrogen (secondary N) is 2. The maximum atomic E-state index is 11.7. The quantitative estimate of drug-likeness (QED) is 0.590. The van der Waals surface area contributed by atoms with Gasteiger partial charge >= 0.3 is 6.03 Å². The molecule has 3 amide bonds. The third-order valence-corrected chi connectivity index (χ3v) is 4.00. The maximum absolute atomic E-state index is 11.7. The summed E-state index contributed by atoms with van der Waals surface area (Å²) in [5, 5.41) is 13.1. The zero-order chi connectivity index (χ0) is 17.4. The molecule has 1 heterocycles. The first-order valence-electron chi connectivity index (χ1n) is 7.70. The van der Waals surface area contributed by atoms with Gasteiger partial charge in [0.25, 0.3) is 5.22 Å². The second-order valence-corrected chi connectivity index (χ2v) is 6.06. The van der Waals surface area contributed by atoms with Crippen molar-refractivity contribution in [3.63, 3.8) is 0 Å². The van der Waals surface area contributed by atoms with Crippen LogP contribution in [-0.2, 0) is 4.79 Å². The number of thioether (sulfide) groups is 1. The van der Waals surface area contributed by atoms with Gasteiger partial charge in [-0.2, -0.15) is 0 Å². The molecule has 24 heavy (non-hydrogen) atoms. The van der Waals surface area contributed by atoms with Crippen molar-refractivity contribution in [2.24, 2.45) is 0 Å². The van der Waals surface area contributed by atoms with E-state index in [0.29, 0.717) is 12.4 Å². The molecule has 0 spiro atoms. The van der Waals surface area contributed by atoms with Crippen LogP contribution in [0.25, 0.3) is 11.5 Å². The molecule has 2 aromatic rings. The number of nitrogens with zero attached hydrogens (tertiary/aromatic N) is 2. The van der Waals surface area contributed by atoms with E-state index in [1.165, 1.54) is 0 Å². The van der Waals surface area contributed by atoms with Gasteiger partial charge in [0.2, 0.25) is 11.8 Å². The van der Waals surface area contributed by atoms with Crippen LogP contribution >= 0.6 is 11.8 Å². The average molecular weight is 348 g/mol. The molecule has 128 valence electrons. The second-order valence-electron chi connectivity index (χ2n) is 5.13. The van der Waals surface area contributed by atoms with Crippen LogP contribution in [0, 0.1) is 6.92 Å². The van der Waals surface area contributed by atoms with Gasteiger partial charge in [-0.05, 0) is 25.0 Å². The Morgan fingerprint density at radius 1 is 1.25 bits per heavy atom. The summed E-state index contributed by atoms with van der Waals surface area (Å²) in [5.74, 6) is 0.0225. The van der Waals surface area contributed by atoms with Gasteiger partial charge in [-0.1, -0.05) is 43.3 Å². The highest BCUT2D eigenvalue weighted by Gasteiger charge is 2.13. The molecular weight excluding hydrogens is 328 g/mol. The van der Waals surface area contributed by atoms with Gasteiger partial charge in [-0.25, -0.2) is 4.79 Å². The molecule has 0 atom stereocenters. The zero-order valence-corrected chi connectivity index (χ0v) is 14.5. The highest BCUT2D eigenvalue weighted by atomic mass is 32.2. The van der Waals surface area contributed by atoms with Crippen LogP contribution in [0.5, 0.6) is 0 Å². The van der Waals surface area contributed by atoms with E-state index in [2.05, 4.69) is 20.8 Å². The molecule has 0 aliphatic heterocycles. The summed E-state index contributed by atoms with van der Waals surface area (Å²) >= 11 is 1.09. The Balaban J connectivity index is 1.82. The predicted octanol–water partition coefficient (Wildman–Crippen LogP) is 2.76. The molecule has 0 fully saturated rings. The zero-order valence-electron chi connectivity index (χ0n) is 13.7. The van der Waals surface area contributed by atoms with Crippen LogP contribution in [-0.4, -0.2) is 34.4 Å². The van der Waals surface area contributed by atoms with Crippen molar-refractivity contribution in [1.82, 2.24) is 20.8 Å². The highest BCUT2D eigenvalue weighted by Crippen LogP contribution is 2.25. The average Bonchev–Trinajstić information content (AvgIpc) is 3.02. The number of urea groups is 1. The van der Waals surface area contributed by atoms with E-state index < -0.39 is 11.9 Å². The number of rotatable bonds is 7. The Morgan fingerprint density at radius 2 is 2.04 bits per heavy atom. The van der Waals surface area contributed by atoms with Crippen molar-refractivity contribution in [3.05, 3.63) is 29.8 Å². The number of carbonyl (C=O) groups excluding carboxylic acids is 2. The molecule has 0 saturated heterocycles. The van der Waals surface area contributed by atoms with Crippen molar-refractivity contribution in [1.29, 1.82) is 0 Å². The molecule has 0 radical (unpaired) electrons. The molecule has 0 bridgehead atoms. The van der Waals surface area contributed by atoms with Crippen molar-refractivity contribution in [2.45, 2.75) is 31.9 Å². The fraction of sp³-hybridized carbons (Fsp3) is 0.375. The Bertz CT molecular complexity index is 702. The lowest BCUT2D eigenvalue weighted by Gasteiger charge is -2.04. The minimum atomic E-state index is -0.486. The fourth-order valence-electron chi connectivity index (χ4n) is 1.90. The lowest BCUT2D eigenvalue weighted by atomic mass is 10.1. The molecular formula is C16H20N4O3S. The van der Waals surface area contributed by atoms with Crippen molar-refractivity contribution in [3.8, 4) is 11.5 Å². The monoisotopic (exact) mass is 348 g/mol. The summed E-state index contributed by atoms with van der Waals surface area (Å²) in [6, 6.07) is 7.19. The van der Waals surface area contributed by atoms with E-state index in [1.54, 1.807) is 0 Å². The number of hydrogen-bond acceptors (Lipinski definition) is 6. The number of aryl methyl sites for hydroxylation is 1. The Hall–Kier alpha value is -2.35. The third-order valence-electron chi connectivity index (χ3n) is 3.18. The Morgan fingerprint density at radius 3 is 2.79 bits per heavy atom. The number of carbonyl (C=O) groups is 2. The van der Waals surface area contributed by atoms with Gasteiger partial charge in [-0.3, -0.25) is 10.1 Å². The number of amides is 3. The first kappa shape index (κ1) is 18.0. The van der Waals surface area contributed by atoms with Crippen molar-refractivity contribution < 1.29 is 14.0 Å². The molecule has 8 heteroatoms. The largest absolute Gasteiger partial charge is 0.411 e. The van der Waals surface area contributed by atoms with Crippen molar-refractivity contribution in [2.75, 3.05) is 12.3 Å². The summed E-state index contributed by atoms with van der Waals surface area (Å²) in [6.07, 6.45) is 1.85. The van der Waals surface area contributed by atoms with E-state index in [4.69, 9.17) is 4.42 Å². The van der Waals surface area contributed by atoms with Crippen LogP contribution in [0.4, 0.5) is 4.79 Å². The smallest absolute Gasteiger partial charge is 0.321 e. The molecule has 2 N–H and O–H groups in total. The maximum Gasteiger partial charge on any atom is 0.321 e. The first-order valence-corrected chi connectivity index (χ1v) is 8.68. The lowest BCUT2D eigenvalue weighted by Crippen LogP contribution is -2.40. The van der Waals surface area contributed by atoms with Crippen LogP contribution in [0.3, 0.4) is 0 Å². The van der Waals surface area contributed by atoms with E-state index in [-0.39, 0.29) is 11.0 Å². The van der Waals surface area contributed by atoms with Gasteiger partial charge in [0.05, 0.1) is 5.75 Å². The summed E-state index contributed by atoms with van der Waals surface area (Å²) < 4.78 is 5.55. The number of benzene rings is 1. The second kappa shape index (κ2) is 9.07. The third kappa shape index (κ3) is 5.38. The van der Waals surface area contributed by atoms with Crippen LogP contribution < -0.4 is 10.6 Å². The van der Waals surface area contributed by atoms with Gasteiger partial charge in [0.15, 0.2) is 0 Å². The normalized spacial score (nSPS) is 10.4. The van der Waals surface area contributed by atoms with Gasteiger partial charge < -0.3 is 9.73 Å². The molecule has 0 aliphatic rings. The van der Waals surface area contributed by atoms with Gasteiger partial charge in [0, 0.05) is 12.1 Å². The summed E-state index contributed by atoms with van der Waals surface area (Å²) in [6.45, 7) is 4.53. The van der Waals surface area contributed by atoms with Gasteiger partial charge in [0.1, 0.15) is 0 Å². The molecule has 0 aliphatic carbocycles. The topological polar surface area (TPSA) is 97.1 Å². The molecule has 0 unspecified atom stereocenters. The van der Waals surface area contributed by atoms with Crippen LogP contribution in [0.15, 0.2) is 33.9 Å². The van der Waals surface area contributed by atoms with Crippen LogP contribution in [0.1, 0.15) is 25.3 Å².